The van der Waals surface area contributed by atoms with Crippen LogP contribution >= 0.6 is 0 Å². The van der Waals surface area contributed by atoms with Crippen molar-refractivity contribution in [2.75, 3.05) is 33.2 Å². The number of urea groups is 1. The molecule has 5 nitrogen and oxygen atoms in total. The number of carbonyl (C=O) groups excluding carboxylic acids is 2. The Morgan fingerprint density at radius 1 is 1.32 bits per heavy atom. The number of likely N-dealkylation sites (N-methyl/N-ethyl adjacent to an activating group) is 1. The number of halogens is 2. The van der Waals surface area contributed by atoms with Crippen LogP contribution in [0.15, 0.2) is 0 Å². The summed E-state index contributed by atoms with van der Waals surface area (Å²) in [6.45, 7) is 1.71. The maximum absolute atomic E-state index is 13.0. The van der Waals surface area contributed by atoms with E-state index in [2.05, 4.69) is 4.90 Å². The smallest absolute Gasteiger partial charge is 0.322 e. The first-order valence-electron chi connectivity index (χ1n) is 6.45. The highest BCUT2D eigenvalue weighted by atomic mass is 19.3. The van der Waals surface area contributed by atoms with Gasteiger partial charge in [-0.25, -0.2) is 13.6 Å². The number of alkyl halides is 2. The van der Waals surface area contributed by atoms with Crippen LogP contribution in [0.1, 0.15) is 19.8 Å². The molecule has 1 atom stereocenters. The van der Waals surface area contributed by atoms with Crippen molar-refractivity contribution in [1.29, 1.82) is 0 Å². The van der Waals surface area contributed by atoms with Gasteiger partial charge in [0.1, 0.15) is 0 Å². The van der Waals surface area contributed by atoms with Crippen LogP contribution in [-0.4, -0.2) is 71.8 Å². The van der Waals surface area contributed by atoms with Crippen molar-refractivity contribution < 1.29 is 18.4 Å². The summed E-state index contributed by atoms with van der Waals surface area (Å²) in [5, 5.41) is 0. The number of likely N-dealkylation sites (tertiary alicyclic amines) is 1. The van der Waals surface area contributed by atoms with Crippen molar-refractivity contribution in [3.8, 4) is 0 Å². The molecule has 2 fully saturated rings. The Morgan fingerprint density at radius 3 is 2.47 bits per heavy atom. The van der Waals surface area contributed by atoms with Gasteiger partial charge in [0.2, 0.25) is 5.91 Å². The van der Waals surface area contributed by atoms with Crippen molar-refractivity contribution in [3.05, 3.63) is 0 Å². The van der Waals surface area contributed by atoms with Crippen LogP contribution in [0.25, 0.3) is 0 Å². The van der Waals surface area contributed by atoms with Gasteiger partial charge in [0.15, 0.2) is 0 Å². The zero-order valence-corrected chi connectivity index (χ0v) is 11.2. The predicted molar refractivity (Wildman–Crippen MR) is 65.0 cm³/mol. The van der Waals surface area contributed by atoms with E-state index in [0.717, 1.165) is 13.0 Å². The van der Waals surface area contributed by atoms with Crippen molar-refractivity contribution in [3.63, 3.8) is 0 Å². The van der Waals surface area contributed by atoms with E-state index in [1.54, 1.807) is 0 Å². The monoisotopic (exact) mass is 275 g/mol. The lowest BCUT2D eigenvalue weighted by atomic mass is 10.0. The lowest BCUT2D eigenvalue weighted by Gasteiger charge is -2.43. The molecule has 2 heterocycles. The fraction of sp³-hybridized carbons (Fsp3) is 0.833. The third-order valence-electron chi connectivity index (χ3n) is 3.70. The van der Waals surface area contributed by atoms with E-state index in [4.69, 9.17) is 0 Å². The topological polar surface area (TPSA) is 43.9 Å². The maximum atomic E-state index is 13.0. The van der Waals surface area contributed by atoms with Crippen molar-refractivity contribution >= 4 is 11.9 Å². The second-order valence-corrected chi connectivity index (χ2v) is 5.45. The van der Waals surface area contributed by atoms with Gasteiger partial charge in [-0.15, -0.1) is 0 Å². The van der Waals surface area contributed by atoms with Crippen LogP contribution in [0, 0.1) is 0 Å². The highest BCUT2D eigenvalue weighted by molar-refractivity contribution is 5.96. The molecule has 2 rings (SSSR count). The molecule has 0 bridgehead atoms. The lowest BCUT2D eigenvalue weighted by Crippen LogP contribution is -2.59. The van der Waals surface area contributed by atoms with Gasteiger partial charge in [-0.2, -0.15) is 0 Å². The van der Waals surface area contributed by atoms with E-state index in [9.17, 15) is 18.4 Å². The minimum atomic E-state index is -3.05. The Hall–Kier alpha value is -1.24. The fourth-order valence-corrected chi connectivity index (χ4v) is 2.40. The summed E-state index contributed by atoms with van der Waals surface area (Å²) < 4.78 is 26.0. The molecule has 2 aliphatic rings. The van der Waals surface area contributed by atoms with Crippen LogP contribution < -0.4 is 0 Å². The predicted octanol–water partition coefficient (Wildman–Crippen LogP) is 1.000. The summed E-state index contributed by atoms with van der Waals surface area (Å²) in [5.41, 5.74) is 0. The van der Waals surface area contributed by atoms with Gasteiger partial charge < -0.3 is 9.80 Å². The number of hydrogen-bond acceptors (Lipinski definition) is 3. The molecule has 7 heteroatoms. The average molecular weight is 275 g/mol. The second-order valence-electron chi connectivity index (χ2n) is 5.45. The number of imide groups is 1. The van der Waals surface area contributed by atoms with Crippen molar-refractivity contribution in [2.45, 2.75) is 31.7 Å². The maximum Gasteiger partial charge on any atom is 0.326 e. The van der Waals surface area contributed by atoms with Gasteiger partial charge in [0.05, 0.1) is 6.54 Å². The van der Waals surface area contributed by atoms with Crippen LogP contribution in [0.5, 0.6) is 0 Å². The first-order valence-corrected chi connectivity index (χ1v) is 6.45. The molecule has 0 aromatic heterocycles. The Morgan fingerprint density at radius 2 is 2.00 bits per heavy atom. The van der Waals surface area contributed by atoms with Gasteiger partial charge in [-0.3, -0.25) is 9.69 Å². The zero-order valence-electron chi connectivity index (χ0n) is 11.2. The van der Waals surface area contributed by atoms with Crippen LogP contribution in [0.2, 0.25) is 0 Å². The molecular formula is C12H19F2N3O2. The SMILES string of the molecule is CN1CCC1CN1CCC(=O)N(CC(C)(F)F)C1=O. The molecule has 1 unspecified atom stereocenters. The molecule has 0 N–H and O–H groups in total. The molecule has 0 radical (unpaired) electrons. The van der Waals surface area contributed by atoms with E-state index in [1.807, 2.05) is 7.05 Å². The molecule has 0 spiro atoms. The van der Waals surface area contributed by atoms with E-state index < -0.39 is 24.4 Å². The molecular weight excluding hydrogens is 256 g/mol. The second kappa shape index (κ2) is 5.03. The minimum absolute atomic E-state index is 0.123. The molecule has 0 aromatic carbocycles. The highest BCUT2D eigenvalue weighted by Gasteiger charge is 2.39. The third kappa shape index (κ3) is 3.20. The molecule has 0 aromatic rings. The summed E-state index contributed by atoms with van der Waals surface area (Å²) >= 11 is 0. The van der Waals surface area contributed by atoms with E-state index in [0.29, 0.717) is 24.9 Å². The van der Waals surface area contributed by atoms with Crippen molar-refractivity contribution in [1.82, 2.24) is 14.7 Å². The molecule has 19 heavy (non-hydrogen) atoms. The highest BCUT2D eigenvalue weighted by Crippen LogP contribution is 2.21. The summed E-state index contributed by atoms with van der Waals surface area (Å²) in [5.74, 6) is -3.56. The quantitative estimate of drug-likeness (QED) is 0.769. The largest absolute Gasteiger partial charge is 0.326 e. The summed E-state index contributed by atoms with van der Waals surface area (Å²) in [6, 6.07) is -0.306. The molecule has 3 amide bonds. The summed E-state index contributed by atoms with van der Waals surface area (Å²) in [6.07, 6.45) is 1.12. The molecule has 2 aliphatic heterocycles. The Kier molecular flexibility index (Phi) is 3.75. The average Bonchev–Trinajstić information content (AvgIpc) is 2.30. The Balaban J connectivity index is 1.99. The zero-order chi connectivity index (χ0) is 14.2. The normalized spacial score (nSPS) is 25.8. The third-order valence-corrected chi connectivity index (χ3v) is 3.70. The van der Waals surface area contributed by atoms with Gasteiger partial charge in [0, 0.05) is 32.5 Å². The molecule has 108 valence electrons. The number of nitrogens with zero attached hydrogens (tertiary/aromatic N) is 3. The van der Waals surface area contributed by atoms with Gasteiger partial charge in [0.25, 0.3) is 5.92 Å². The lowest BCUT2D eigenvalue weighted by molar-refractivity contribution is -0.135. The number of hydrogen-bond donors (Lipinski definition) is 0. The standard InChI is InChI=1S/C12H19F2N3O2/c1-12(13,14)8-17-10(18)4-6-16(11(17)19)7-9-3-5-15(9)2/h9H,3-8H2,1-2H3. The number of amides is 3. The fourth-order valence-electron chi connectivity index (χ4n) is 2.40. The molecule has 2 saturated heterocycles. The van der Waals surface area contributed by atoms with E-state index in [-0.39, 0.29) is 12.5 Å². The van der Waals surface area contributed by atoms with Crippen LogP contribution in [0.4, 0.5) is 13.6 Å². The molecule has 0 aliphatic carbocycles. The number of rotatable bonds is 4. The van der Waals surface area contributed by atoms with Crippen LogP contribution in [0.3, 0.4) is 0 Å². The van der Waals surface area contributed by atoms with Crippen LogP contribution in [-0.2, 0) is 4.79 Å². The van der Waals surface area contributed by atoms with E-state index in [1.165, 1.54) is 4.90 Å². The molecule has 0 saturated carbocycles. The van der Waals surface area contributed by atoms with E-state index >= 15 is 0 Å². The summed E-state index contributed by atoms with van der Waals surface area (Å²) in [4.78, 5) is 28.0. The van der Waals surface area contributed by atoms with Gasteiger partial charge in [-0.1, -0.05) is 0 Å². The first-order chi connectivity index (χ1) is 8.78. The minimum Gasteiger partial charge on any atom is -0.322 e. The number of carbonyl (C=O) groups is 2. The van der Waals surface area contributed by atoms with Gasteiger partial charge in [-0.05, 0) is 20.0 Å². The van der Waals surface area contributed by atoms with Crippen molar-refractivity contribution in [2.24, 2.45) is 0 Å². The Bertz CT molecular complexity index is 384. The first kappa shape index (κ1) is 14.2. The van der Waals surface area contributed by atoms with Gasteiger partial charge >= 0.3 is 6.03 Å². The summed E-state index contributed by atoms with van der Waals surface area (Å²) in [7, 11) is 1.96. The Labute approximate surface area is 111 Å².